The van der Waals surface area contributed by atoms with Crippen LogP contribution >= 0.6 is 0 Å². The summed E-state index contributed by atoms with van der Waals surface area (Å²) in [5, 5.41) is 13.1. The molecule has 4 rings (SSSR count). The summed E-state index contributed by atoms with van der Waals surface area (Å²) in [4.78, 5) is 17.1. The molecule has 2 aromatic rings. The van der Waals surface area contributed by atoms with Crippen molar-refractivity contribution in [3.05, 3.63) is 29.6 Å². The molecular weight excluding hydrogens is 318 g/mol. The highest BCUT2D eigenvalue weighted by molar-refractivity contribution is 5.92. The SMILES string of the molecule is CCn1nccc1C(=O)N1CCCC(c2nnc3n2CCN(C)C3)C1. The summed E-state index contributed by atoms with van der Waals surface area (Å²) in [6, 6.07) is 1.81. The molecule has 134 valence electrons. The van der Waals surface area contributed by atoms with Crippen LogP contribution in [0.4, 0.5) is 0 Å². The maximum Gasteiger partial charge on any atom is 0.272 e. The van der Waals surface area contributed by atoms with Crippen molar-refractivity contribution in [1.82, 2.24) is 34.3 Å². The third-order valence-corrected chi connectivity index (χ3v) is 5.28. The van der Waals surface area contributed by atoms with Gasteiger partial charge in [0.15, 0.2) is 0 Å². The zero-order valence-electron chi connectivity index (χ0n) is 14.9. The van der Waals surface area contributed by atoms with Gasteiger partial charge < -0.3 is 9.47 Å². The van der Waals surface area contributed by atoms with Gasteiger partial charge in [0.05, 0.1) is 6.54 Å². The fraction of sp³-hybridized carbons (Fsp3) is 0.647. The molecule has 0 saturated carbocycles. The quantitative estimate of drug-likeness (QED) is 0.830. The number of amides is 1. The molecule has 2 aromatic heterocycles. The molecule has 0 spiro atoms. The van der Waals surface area contributed by atoms with Crippen LogP contribution in [0.1, 0.15) is 47.8 Å². The van der Waals surface area contributed by atoms with E-state index in [0.29, 0.717) is 18.8 Å². The normalized spacial score (nSPS) is 21.4. The van der Waals surface area contributed by atoms with Gasteiger partial charge >= 0.3 is 0 Å². The number of fused-ring (bicyclic) bond motifs is 1. The van der Waals surface area contributed by atoms with Gasteiger partial charge in [0.2, 0.25) is 0 Å². The Bertz CT molecular complexity index is 765. The van der Waals surface area contributed by atoms with E-state index in [1.54, 1.807) is 10.9 Å². The van der Waals surface area contributed by atoms with Crippen molar-refractivity contribution in [1.29, 1.82) is 0 Å². The van der Waals surface area contributed by atoms with E-state index >= 15 is 0 Å². The lowest BCUT2D eigenvalue weighted by molar-refractivity contribution is 0.0690. The zero-order valence-corrected chi connectivity index (χ0v) is 14.9. The highest BCUT2D eigenvalue weighted by Crippen LogP contribution is 2.28. The molecule has 1 unspecified atom stereocenters. The summed E-state index contributed by atoms with van der Waals surface area (Å²) in [6.45, 7) is 7.01. The van der Waals surface area contributed by atoms with Crippen molar-refractivity contribution in [3.8, 4) is 0 Å². The second-order valence-corrected chi connectivity index (χ2v) is 6.99. The molecule has 1 amide bonds. The van der Waals surface area contributed by atoms with E-state index in [2.05, 4.69) is 31.8 Å². The van der Waals surface area contributed by atoms with E-state index in [4.69, 9.17) is 0 Å². The zero-order chi connectivity index (χ0) is 17.4. The standard InChI is InChI=1S/C17H25N7O/c1-3-24-14(6-7-18-24)17(25)22-8-4-5-13(11-22)16-20-19-15-12-21(2)9-10-23(15)16/h6-7,13H,3-5,8-12H2,1-2H3. The van der Waals surface area contributed by atoms with Crippen LogP contribution in [0.15, 0.2) is 12.3 Å². The third-order valence-electron chi connectivity index (χ3n) is 5.28. The molecular formula is C17H25N7O. The van der Waals surface area contributed by atoms with Gasteiger partial charge in [-0.1, -0.05) is 0 Å². The second-order valence-electron chi connectivity index (χ2n) is 6.99. The van der Waals surface area contributed by atoms with Crippen molar-refractivity contribution >= 4 is 5.91 Å². The predicted molar refractivity (Wildman–Crippen MR) is 92.1 cm³/mol. The first-order chi connectivity index (χ1) is 12.2. The van der Waals surface area contributed by atoms with E-state index in [9.17, 15) is 4.79 Å². The molecule has 0 radical (unpaired) electrons. The van der Waals surface area contributed by atoms with Gasteiger partial charge in [0, 0.05) is 44.8 Å². The minimum absolute atomic E-state index is 0.0715. The number of likely N-dealkylation sites (N-methyl/N-ethyl adjacent to an activating group) is 1. The lowest BCUT2D eigenvalue weighted by atomic mass is 9.96. The Kier molecular flexibility index (Phi) is 4.29. The fourth-order valence-electron chi connectivity index (χ4n) is 3.90. The first-order valence-electron chi connectivity index (χ1n) is 9.09. The molecule has 25 heavy (non-hydrogen) atoms. The van der Waals surface area contributed by atoms with Crippen LogP contribution in [0, 0.1) is 0 Å². The molecule has 4 heterocycles. The van der Waals surface area contributed by atoms with Gasteiger partial charge in [-0.15, -0.1) is 10.2 Å². The van der Waals surface area contributed by atoms with Crippen LogP contribution in [0.5, 0.6) is 0 Å². The first kappa shape index (κ1) is 16.3. The molecule has 1 fully saturated rings. The summed E-state index contributed by atoms with van der Waals surface area (Å²) < 4.78 is 4.02. The number of hydrogen-bond donors (Lipinski definition) is 0. The van der Waals surface area contributed by atoms with E-state index in [-0.39, 0.29) is 11.8 Å². The van der Waals surface area contributed by atoms with Crippen molar-refractivity contribution in [3.63, 3.8) is 0 Å². The molecule has 2 aliphatic rings. The second kappa shape index (κ2) is 6.59. The van der Waals surface area contributed by atoms with E-state index in [0.717, 1.165) is 50.7 Å². The Labute approximate surface area is 147 Å². The van der Waals surface area contributed by atoms with Crippen LogP contribution in [0.2, 0.25) is 0 Å². The van der Waals surface area contributed by atoms with Gasteiger partial charge in [-0.05, 0) is 32.9 Å². The smallest absolute Gasteiger partial charge is 0.272 e. The van der Waals surface area contributed by atoms with Gasteiger partial charge in [0.25, 0.3) is 5.91 Å². The minimum atomic E-state index is 0.0715. The van der Waals surface area contributed by atoms with E-state index < -0.39 is 0 Å². The first-order valence-corrected chi connectivity index (χ1v) is 9.09. The van der Waals surface area contributed by atoms with Crippen LogP contribution in [0.25, 0.3) is 0 Å². The predicted octanol–water partition coefficient (Wildman–Crippen LogP) is 0.960. The average molecular weight is 343 g/mol. The Hall–Kier alpha value is -2.22. The lowest BCUT2D eigenvalue weighted by Gasteiger charge is -2.33. The van der Waals surface area contributed by atoms with Crippen molar-refractivity contribution in [2.24, 2.45) is 0 Å². The van der Waals surface area contributed by atoms with E-state index in [1.165, 1.54) is 0 Å². The Morgan fingerprint density at radius 1 is 1.28 bits per heavy atom. The highest BCUT2D eigenvalue weighted by Gasteiger charge is 2.31. The van der Waals surface area contributed by atoms with Crippen molar-refractivity contribution < 1.29 is 4.79 Å². The van der Waals surface area contributed by atoms with Crippen molar-refractivity contribution in [2.45, 2.75) is 45.3 Å². The van der Waals surface area contributed by atoms with Gasteiger partial charge in [-0.2, -0.15) is 5.10 Å². The van der Waals surface area contributed by atoms with Gasteiger partial charge in [-0.25, -0.2) is 0 Å². The molecule has 0 bridgehead atoms. The molecule has 0 N–H and O–H groups in total. The molecule has 8 heteroatoms. The number of carbonyl (C=O) groups is 1. The Morgan fingerprint density at radius 2 is 2.16 bits per heavy atom. The maximum absolute atomic E-state index is 12.9. The summed E-state index contributed by atoms with van der Waals surface area (Å²) >= 11 is 0. The van der Waals surface area contributed by atoms with Crippen molar-refractivity contribution in [2.75, 3.05) is 26.7 Å². The third kappa shape index (κ3) is 2.95. The molecule has 1 saturated heterocycles. The fourth-order valence-corrected chi connectivity index (χ4v) is 3.90. The number of likely N-dealkylation sites (tertiary alicyclic amines) is 1. The summed E-state index contributed by atoms with van der Waals surface area (Å²) in [5.74, 6) is 2.42. The lowest BCUT2D eigenvalue weighted by Crippen LogP contribution is -2.41. The summed E-state index contributed by atoms with van der Waals surface area (Å²) in [6.07, 6.45) is 3.76. The number of nitrogens with zero attached hydrogens (tertiary/aromatic N) is 7. The number of hydrogen-bond acceptors (Lipinski definition) is 5. The molecule has 0 aliphatic carbocycles. The molecule has 0 aromatic carbocycles. The maximum atomic E-state index is 12.9. The topological polar surface area (TPSA) is 72.1 Å². The number of rotatable bonds is 3. The number of aromatic nitrogens is 5. The molecule has 8 nitrogen and oxygen atoms in total. The number of piperidine rings is 1. The average Bonchev–Trinajstić information content (AvgIpc) is 3.27. The van der Waals surface area contributed by atoms with Crippen LogP contribution < -0.4 is 0 Å². The van der Waals surface area contributed by atoms with Gasteiger partial charge in [0.1, 0.15) is 17.3 Å². The largest absolute Gasteiger partial charge is 0.337 e. The monoisotopic (exact) mass is 343 g/mol. The Balaban J connectivity index is 1.53. The van der Waals surface area contributed by atoms with Crippen LogP contribution in [0.3, 0.4) is 0 Å². The molecule has 2 aliphatic heterocycles. The number of carbonyl (C=O) groups excluding carboxylic acids is 1. The summed E-state index contributed by atoms with van der Waals surface area (Å²) in [5.41, 5.74) is 0.674. The minimum Gasteiger partial charge on any atom is -0.337 e. The Morgan fingerprint density at radius 3 is 3.00 bits per heavy atom. The highest BCUT2D eigenvalue weighted by atomic mass is 16.2. The summed E-state index contributed by atoms with van der Waals surface area (Å²) in [7, 11) is 2.11. The van der Waals surface area contributed by atoms with Gasteiger partial charge in [-0.3, -0.25) is 14.4 Å². The van der Waals surface area contributed by atoms with Crippen LogP contribution in [-0.4, -0.2) is 66.9 Å². The van der Waals surface area contributed by atoms with E-state index in [1.807, 2.05) is 17.9 Å². The number of aryl methyl sites for hydroxylation is 1. The van der Waals surface area contributed by atoms with Crippen LogP contribution in [-0.2, 0) is 19.6 Å². The molecule has 1 atom stereocenters.